The maximum atomic E-state index is 12.4. The molecule has 0 bridgehead atoms. The third-order valence-electron chi connectivity index (χ3n) is 4.96. The first-order valence-electron chi connectivity index (χ1n) is 8.77. The van der Waals surface area contributed by atoms with Crippen LogP contribution >= 0.6 is 0 Å². The van der Waals surface area contributed by atoms with Crippen molar-refractivity contribution in [2.45, 2.75) is 30.8 Å². The van der Waals surface area contributed by atoms with Crippen molar-refractivity contribution in [2.24, 2.45) is 7.05 Å². The van der Waals surface area contributed by atoms with Crippen molar-refractivity contribution in [3.63, 3.8) is 0 Å². The van der Waals surface area contributed by atoms with Gasteiger partial charge < -0.3 is 10.1 Å². The average Bonchev–Trinajstić information content (AvgIpc) is 3.25. The lowest BCUT2D eigenvalue weighted by atomic mass is 10.1. The van der Waals surface area contributed by atoms with Crippen molar-refractivity contribution in [1.82, 2.24) is 29.5 Å². The molecule has 3 aromatic heterocycles. The van der Waals surface area contributed by atoms with Crippen LogP contribution in [0, 0.1) is 0 Å². The molecule has 134 valence electrons. The lowest BCUT2D eigenvalue weighted by Gasteiger charge is -2.21. The summed E-state index contributed by atoms with van der Waals surface area (Å²) >= 11 is 0. The fraction of sp³-hybridized carbons (Fsp3) is 0.471. The molecule has 0 spiro atoms. The van der Waals surface area contributed by atoms with E-state index in [1.54, 1.807) is 15.4 Å². The van der Waals surface area contributed by atoms with Crippen LogP contribution in [0.15, 0.2) is 29.5 Å². The number of fused-ring (bicyclic) bond motifs is 1. The predicted molar refractivity (Wildman–Crippen MR) is 94.0 cm³/mol. The number of rotatable bonds is 4. The average molecular weight is 353 g/mol. The molecule has 1 aliphatic carbocycles. The Labute approximate surface area is 149 Å². The first-order valence-corrected chi connectivity index (χ1v) is 8.77. The van der Waals surface area contributed by atoms with Gasteiger partial charge in [0.2, 0.25) is 0 Å². The minimum absolute atomic E-state index is 0.104. The summed E-state index contributed by atoms with van der Waals surface area (Å²) < 4.78 is 8.93. The highest BCUT2D eigenvalue weighted by atomic mass is 16.5. The molecule has 5 rings (SSSR count). The summed E-state index contributed by atoms with van der Waals surface area (Å²) in [5.74, 6) is 1.18. The van der Waals surface area contributed by atoms with E-state index in [0.29, 0.717) is 30.6 Å². The molecule has 2 unspecified atom stereocenters. The first kappa shape index (κ1) is 15.4. The topological polar surface area (TPSA) is 99.8 Å². The second kappa shape index (κ2) is 5.87. The molecule has 26 heavy (non-hydrogen) atoms. The quantitative estimate of drug-likeness (QED) is 0.742. The summed E-state index contributed by atoms with van der Waals surface area (Å²) in [7, 11) is 1.85. The Morgan fingerprint density at radius 1 is 1.19 bits per heavy atom. The van der Waals surface area contributed by atoms with Gasteiger partial charge in [-0.2, -0.15) is 10.2 Å². The van der Waals surface area contributed by atoms with Gasteiger partial charge in [0.05, 0.1) is 30.3 Å². The first-order chi connectivity index (χ1) is 12.7. The molecule has 3 aromatic rings. The molecule has 2 fully saturated rings. The van der Waals surface area contributed by atoms with Crippen molar-refractivity contribution in [3.05, 3.63) is 40.7 Å². The number of anilines is 1. The van der Waals surface area contributed by atoms with Crippen LogP contribution in [0.1, 0.15) is 30.5 Å². The van der Waals surface area contributed by atoms with Crippen LogP contribution in [-0.2, 0) is 11.8 Å². The minimum atomic E-state index is -0.178. The second-order valence-electron chi connectivity index (χ2n) is 6.93. The van der Waals surface area contributed by atoms with E-state index < -0.39 is 0 Å². The molecule has 4 heterocycles. The second-order valence-corrected chi connectivity index (χ2v) is 6.93. The Morgan fingerprint density at radius 3 is 2.92 bits per heavy atom. The summed E-state index contributed by atoms with van der Waals surface area (Å²) in [4.78, 5) is 20.9. The number of hydrogen-bond donors (Lipinski definition) is 1. The van der Waals surface area contributed by atoms with Crippen LogP contribution in [0.5, 0.6) is 0 Å². The van der Waals surface area contributed by atoms with Gasteiger partial charge in [0.15, 0.2) is 5.65 Å². The van der Waals surface area contributed by atoms with Crippen molar-refractivity contribution in [2.75, 3.05) is 18.5 Å². The van der Waals surface area contributed by atoms with E-state index in [2.05, 4.69) is 25.5 Å². The third kappa shape index (κ3) is 2.64. The molecule has 1 N–H and O–H groups in total. The number of nitrogens with zero attached hydrogens (tertiary/aromatic N) is 6. The van der Waals surface area contributed by atoms with E-state index in [-0.39, 0.29) is 17.6 Å². The molecule has 9 nitrogen and oxygen atoms in total. The highest BCUT2D eigenvalue weighted by Crippen LogP contribution is 2.38. The molecule has 1 saturated heterocycles. The zero-order valence-corrected chi connectivity index (χ0v) is 14.4. The highest BCUT2D eigenvalue weighted by molar-refractivity contribution is 5.85. The minimum Gasteiger partial charge on any atom is -0.377 e. The number of aromatic nitrogens is 6. The van der Waals surface area contributed by atoms with Crippen LogP contribution in [0.2, 0.25) is 0 Å². The van der Waals surface area contributed by atoms with Gasteiger partial charge in [-0.25, -0.2) is 14.6 Å². The Bertz CT molecular complexity index is 1020. The van der Waals surface area contributed by atoms with Crippen molar-refractivity contribution < 1.29 is 4.74 Å². The predicted octanol–water partition coefficient (Wildman–Crippen LogP) is 0.849. The molecule has 2 atom stereocenters. The summed E-state index contributed by atoms with van der Waals surface area (Å²) in [6.45, 7) is 0.929. The highest BCUT2D eigenvalue weighted by Gasteiger charge is 2.33. The monoisotopic (exact) mass is 353 g/mol. The molecule has 1 aliphatic heterocycles. The maximum Gasteiger partial charge on any atom is 0.267 e. The number of aryl methyl sites for hydroxylation is 1. The molecular weight excluding hydrogens is 334 g/mol. The van der Waals surface area contributed by atoms with Gasteiger partial charge in [0, 0.05) is 25.2 Å². The Hall–Kier alpha value is -2.81. The lowest BCUT2D eigenvalue weighted by Crippen LogP contribution is -2.37. The number of hydrogen-bond acceptors (Lipinski definition) is 7. The van der Waals surface area contributed by atoms with E-state index in [1.807, 2.05) is 19.3 Å². The van der Waals surface area contributed by atoms with Gasteiger partial charge in [-0.15, -0.1) is 0 Å². The van der Waals surface area contributed by atoms with Crippen LogP contribution in [0.25, 0.3) is 11.0 Å². The van der Waals surface area contributed by atoms with Crippen LogP contribution in [0.4, 0.5) is 5.82 Å². The van der Waals surface area contributed by atoms with Gasteiger partial charge in [-0.05, 0) is 18.9 Å². The Balaban J connectivity index is 1.47. The molecule has 1 saturated carbocycles. The van der Waals surface area contributed by atoms with Gasteiger partial charge >= 0.3 is 0 Å². The van der Waals surface area contributed by atoms with Crippen LogP contribution in [-0.4, -0.2) is 48.8 Å². The SMILES string of the molecule is Cn1cc2c(NC3COCC3n3nc(C4CC4)ccc3=O)ncnc2n1. The van der Waals surface area contributed by atoms with Gasteiger partial charge in [0.25, 0.3) is 5.56 Å². The standard InChI is InChI=1S/C17H19N7O2/c1-23-6-11-16(18-9-19-17(11)22-23)20-13-7-26-8-14(13)24-15(25)5-4-12(21-24)10-2-3-10/h4-6,9-10,13-14H,2-3,7-8H2,1H3,(H,18,19,20,22). The summed E-state index contributed by atoms with van der Waals surface area (Å²) in [5, 5.41) is 13.2. The zero-order valence-electron chi connectivity index (χ0n) is 14.4. The largest absolute Gasteiger partial charge is 0.377 e. The normalized spacial score (nSPS) is 22.8. The van der Waals surface area contributed by atoms with E-state index in [9.17, 15) is 4.79 Å². The fourth-order valence-electron chi connectivity index (χ4n) is 3.44. The van der Waals surface area contributed by atoms with Gasteiger partial charge in [-0.3, -0.25) is 9.48 Å². The molecule has 0 radical (unpaired) electrons. The van der Waals surface area contributed by atoms with Crippen molar-refractivity contribution in [3.8, 4) is 0 Å². The van der Waals surface area contributed by atoms with E-state index in [1.165, 1.54) is 6.33 Å². The van der Waals surface area contributed by atoms with Crippen LogP contribution in [0.3, 0.4) is 0 Å². The van der Waals surface area contributed by atoms with Crippen molar-refractivity contribution >= 4 is 16.9 Å². The number of ether oxygens (including phenoxy) is 1. The van der Waals surface area contributed by atoms with E-state index >= 15 is 0 Å². The fourth-order valence-corrected chi connectivity index (χ4v) is 3.44. The smallest absolute Gasteiger partial charge is 0.267 e. The van der Waals surface area contributed by atoms with E-state index in [4.69, 9.17) is 4.74 Å². The Kier molecular flexibility index (Phi) is 3.49. The van der Waals surface area contributed by atoms with Crippen LogP contribution < -0.4 is 10.9 Å². The molecule has 0 aromatic carbocycles. The van der Waals surface area contributed by atoms with Gasteiger partial charge in [0.1, 0.15) is 18.2 Å². The Morgan fingerprint density at radius 2 is 2.08 bits per heavy atom. The third-order valence-corrected chi connectivity index (χ3v) is 4.96. The van der Waals surface area contributed by atoms with E-state index in [0.717, 1.165) is 23.9 Å². The molecular formula is C17H19N7O2. The van der Waals surface area contributed by atoms with Gasteiger partial charge in [-0.1, -0.05) is 0 Å². The summed E-state index contributed by atoms with van der Waals surface area (Å²) in [6.07, 6.45) is 5.66. The number of nitrogens with one attached hydrogen (secondary N) is 1. The molecule has 2 aliphatic rings. The summed E-state index contributed by atoms with van der Waals surface area (Å²) in [6, 6.07) is 3.18. The zero-order chi connectivity index (χ0) is 17.7. The summed E-state index contributed by atoms with van der Waals surface area (Å²) in [5.41, 5.74) is 1.52. The molecule has 9 heteroatoms. The van der Waals surface area contributed by atoms with Crippen molar-refractivity contribution in [1.29, 1.82) is 0 Å². The maximum absolute atomic E-state index is 12.4. The molecule has 0 amide bonds. The lowest BCUT2D eigenvalue weighted by molar-refractivity contribution is 0.182.